The van der Waals surface area contributed by atoms with Gasteiger partial charge in [0.05, 0.1) is 12.0 Å². The minimum absolute atomic E-state index is 0.514. The van der Waals surface area contributed by atoms with Crippen LogP contribution in [0.4, 0.5) is 18.9 Å². The van der Waals surface area contributed by atoms with Gasteiger partial charge in [0.1, 0.15) is 17.2 Å². The monoisotopic (exact) mass is 306 g/mol. The summed E-state index contributed by atoms with van der Waals surface area (Å²) in [5.41, 5.74) is -6.89. The fourth-order valence-corrected chi connectivity index (χ4v) is 1.97. The number of nitro benzene ring substituents is 1. The van der Waals surface area contributed by atoms with E-state index in [2.05, 4.69) is 4.74 Å². The Balaban J connectivity index is 3.52. The van der Waals surface area contributed by atoms with Gasteiger partial charge < -0.3 is 4.74 Å². The molecule has 1 rings (SSSR count). The van der Waals surface area contributed by atoms with Gasteiger partial charge in [-0.3, -0.25) is 10.1 Å². The van der Waals surface area contributed by atoms with Crippen molar-refractivity contribution in [1.82, 2.24) is 0 Å². The molecule has 1 aromatic carbocycles. The standard InChI is InChI=1S/C10H5F3N2O4S/c1-19-9(16)7-3-6(20-10(11,12)13)2-5(4-14)8(7)15(17)18/h2-3H,1H3. The average Bonchev–Trinajstić information content (AvgIpc) is 2.34. The van der Waals surface area contributed by atoms with Crippen molar-refractivity contribution in [3.8, 4) is 6.07 Å². The first-order valence-electron chi connectivity index (χ1n) is 4.76. The minimum atomic E-state index is -4.66. The van der Waals surface area contributed by atoms with Gasteiger partial charge in [-0.15, -0.1) is 0 Å². The highest BCUT2D eigenvalue weighted by Gasteiger charge is 2.33. The summed E-state index contributed by atoms with van der Waals surface area (Å²) in [6.07, 6.45) is 0. The third kappa shape index (κ3) is 3.61. The Bertz CT molecular complexity index is 610. The number of nitrogens with zero attached hydrogens (tertiary/aromatic N) is 2. The van der Waals surface area contributed by atoms with Gasteiger partial charge in [-0.05, 0) is 23.9 Å². The number of benzene rings is 1. The molecular formula is C10H5F3N2O4S. The van der Waals surface area contributed by atoms with Crippen molar-refractivity contribution in [2.24, 2.45) is 0 Å². The fraction of sp³-hybridized carbons (Fsp3) is 0.200. The average molecular weight is 306 g/mol. The second-order valence-electron chi connectivity index (χ2n) is 3.28. The summed E-state index contributed by atoms with van der Waals surface area (Å²) >= 11 is -0.589. The second kappa shape index (κ2) is 5.79. The molecule has 106 valence electrons. The van der Waals surface area contributed by atoms with E-state index >= 15 is 0 Å². The maximum absolute atomic E-state index is 12.3. The van der Waals surface area contributed by atoms with Crippen LogP contribution in [0.2, 0.25) is 0 Å². The first-order chi connectivity index (χ1) is 9.19. The zero-order chi connectivity index (χ0) is 15.5. The summed E-state index contributed by atoms with van der Waals surface area (Å²) in [4.78, 5) is 20.7. The molecule has 0 aliphatic rings. The van der Waals surface area contributed by atoms with Gasteiger partial charge in [-0.25, -0.2) is 4.79 Å². The number of rotatable bonds is 3. The van der Waals surface area contributed by atoms with Crippen LogP contribution in [0, 0.1) is 21.4 Å². The number of alkyl halides is 3. The molecular weight excluding hydrogens is 301 g/mol. The number of nitriles is 1. The van der Waals surface area contributed by atoms with Gasteiger partial charge in [0.2, 0.25) is 0 Å². The number of carbonyl (C=O) groups is 1. The Morgan fingerprint density at radius 2 is 2.10 bits per heavy atom. The van der Waals surface area contributed by atoms with Gasteiger partial charge >= 0.3 is 17.2 Å². The van der Waals surface area contributed by atoms with E-state index in [1.165, 1.54) is 6.07 Å². The van der Waals surface area contributed by atoms with Gasteiger partial charge in [-0.2, -0.15) is 18.4 Å². The van der Waals surface area contributed by atoms with Crippen LogP contribution < -0.4 is 0 Å². The summed E-state index contributed by atoms with van der Waals surface area (Å²) in [5, 5.41) is 19.6. The molecule has 0 fully saturated rings. The number of hydrogen-bond donors (Lipinski definition) is 0. The molecule has 0 radical (unpaired) electrons. The molecule has 0 saturated heterocycles. The number of ether oxygens (including phenoxy) is 1. The van der Waals surface area contributed by atoms with Crippen LogP contribution in [0.25, 0.3) is 0 Å². The van der Waals surface area contributed by atoms with E-state index in [0.29, 0.717) is 12.1 Å². The SMILES string of the molecule is COC(=O)c1cc(SC(F)(F)F)cc(C#N)c1[N+](=O)[O-]. The molecule has 0 saturated carbocycles. The number of hydrogen-bond acceptors (Lipinski definition) is 6. The maximum atomic E-state index is 12.3. The van der Waals surface area contributed by atoms with Crippen LogP contribution in [0.1, 0.15) is 15.9 Å². The van der Waals surface area contributed by atoms with E-state index in [0.717, 1.165) is 7.11 Å². The van der Waals surface area contributed by atoms with Crippen molar-refractivity contribution < 1.29 is 27.6 Å². The van der Waals surface area contributed by atoms with Crippen molar-refractivity contribution in [1.29, 1.82) is 5.26 Å². The second-order valence-corrected chi connectivity index (χ2v) is 4.41. The van der Waals surface area contributed by atoms with Crippen molar-refractivity contribution in [2.45, 2.75) is 10.4 Å². The summed E-state index contributed by atoms with van der Waals surface area (Å²) in [6, 6.07) is 2.76. The summed E-state index contributed by atoms with van der Waals surface area (Å²) < 4.78 is 41.1. The first-order valence-corrected chi connectivity index (χ1v) is 5.58. The predicted molar refractivity (Wildman–Crippen MR) is 61.1 cm³/mol. The van der Waals surface area contributed by atoms with Crippen molar-refractivity contribution in [3.05, 3.63) is 33.4 Å². The third-order valence-corrected chi connectivity index (χ3v) is 2.73. The van der Waals surface area contributed by atoms with Crippen molar-refractivity contribution in [2.75, 3.05) is 7.11 Å². The number of carbonyl (C=O) groups excluding carboxylic acids is 1. The Morgan fingerprint density at radius 3 is 2.50 bits per heavy atom. The molecule has 0 heterocycles. The van der Waals surface area contributed by atoms with Crippen LogP contribution in [-0.2, 0) is 4.74 Å². The number of methoxy groups -OCH3 is 1. The zero-order valence-electron chi connectivity index (χ0n) is 9.72. The largest absolute Gasteiger partial charge is 0.465 e. The molecule has 0 unspecified atom stereocenters. The lowest BCUT2D eigenvalue weighted by Crippen LogP contribution is -2.08. The van der Waals surface area contributed by atoms with E-state index in [1.54, 1.807) is 0 Å². The highest BCUT2D eigenvalue weighted by atomic mass is 32.2. The van der Waals surface area contributed by atoms with Gasteiger partial charge in [0.25, 0.3) is 0 Å². The van der Waals surface area contributed by atoms with Crippen LogP contribution in [0.15, 0.2) is 17.0 Å². The molecule has 0 aromatic heterocycles. The number of esters is 1. The summed E-state index contributed by atoms with van der Waals surface area (Å²) in [7, 11) is 0.918. The molecule has 6 nitrogen and oxygen atoms in total. The quantitative estimate of drug-likeness (QED) is 0.369. The van der Waals surface area contributed by atoms with Crippen LogP contribution in [-0.4, -0.2) is 23.5 Å². The molecule has 0 N–H and O–H groups in total. The molecule has 0 aliphatic carbocycles. The molecule has 0 aliphatic heterocycles. The van der Waals surface area contributed by atoms with Crippen molar-refractivity contribution >= 4 is 23.4 Å². The number of thioether (sulfide) groups is 1. The zero-order valence-corrected chi connectivity index (χ0v) is 10.5. The lowest BCUT2D eigenvalue weighted by atomic mass is 10.1. The Hall–Kier alpha value is -2.28. The van der Waals surface area contributed by atoms with Gasteiger partial charge in [-0.1, -0.05) is 0 Å². The van der Waals surface area contributed by atoms with E-state index in [9.17, 15) is 28.1 Å². The van der Waals surface area contributed by atoms with Crippen LogP contribution in [0.3, 0.4) is 0 Å². The van der Waals surface area contributed by atoms with E-state index in [-0.39, 0.29) is 0 Å². The van der Waals surface area contributed by atoms with E-state index in [1.807, 2.05) is 0 Å². The molecule has 0 amide bonds. The lowest BCUT2D eigenvalue weighted by molar-refractivity contribution is -0.385. The van der Waals surface area contributed by atoms with Gasteiger partial charge in [0.15, 0.2) is 0 Å². The highest BCUT2D eigenvalue weighted by Crippen LogP contribution is 2.39. The topological polar surface area (TPSA) is 93.2 Å². The van der Waals surface area contributed by atoms with Crippen LogP contribution >= 0.6 is 11.8 Å². The summed E-state index contributed by atoms with van der Waals surface area (Å²) in [5.74, 6) is -1.20. The van der Waals surface area contributed by atoms with Gasteiger partial charge in [0, 0.05) is 4.90 Å². The van der Waals surface area contributed by atoms with Crippen LogP contribution in [0.5, 0.6) is 0 Å². The Labute approximate surface area is 114 Å². The molecule has 0 spiro atoms. The molecule has 20 heavy (non-hydrogen) atoms. The van der Waals surface area contributed by atoms with E-state index in [4.69, 9.17) is 5.26 Å². The number of halogens is 3. The Kier molecular flexibility index (Phi) is 4.57. The highest BCUT2D eigenvalue weighted by molar-refractivity contribution is 8.00. The molecule has 0 bridgehead atoms. The number of nitro groups is 1. The molecule has 0 atom stereocenters. The lowest BCUT2D eigenvalue weighted by Gasteiger charge is -2.08. The van der Waals surface area contributed by atoms with Crippen molar-refractivity contribution in [3.63, 3.8) is 0 Å². The smallest absolute Gasteiger partial charge is 0.446 e. The Morgan fingerprint density at radius 1 is 1.50 bits per heavy atom. The molecule has 1 aromatic rings. The van der Waals surface area contributed by atoms with E-state index < -0.39 is 49.9 Å². The summed E-state index contributed by atoms with van der Waals surface area (Å²) in [6.45, 7) is 0. The minimum Gasteiger partial charge on any atom is -0.465 e. The fourth-order valence-electron chi connectivity index (χ4n) is 1.35. The first kappa shape index (κ1) is 15.8. The molecule has 10 heteroatoms. The maximum Gasteiger partial charge on any atom is 0.446 e. The normalized spacial score (nSPS) is 10.8. The third-order valence-electron chi connectivity index (χ3n) is 2.03. The predicted octanol–water partition coefficient (Wildman–Crippen LogP) is 2.86.